The normalized spacial score (nSPS) is 15.7. The van der Waals surface area contributed by atoms with Crippen molar-refractivity contribution in [2.45, 2.75) is 44.4 Å². The average Bonchev–Trinajstić information content (AvgIpc) is 3.24. The summed E-state index contributed by atoms with van der Waals surface area (Å²) < 4.78 is 53.8. The van der Waals surface area contributed by atoms with E-state index < -0.39 is 17.3 Å². The molecule has 14 heteroatoms. The van der Waals surface area contributed by atoms with Gasteiger partial charge in [0.2, 0.25) is 5.95 Å². The van der Waals surface area contributed by atoms with E-state index in [0.717, 1.165) is 36.1 Å². The number of hydrogen-bond acceptors (Lipinski definition) is 8. The summed E-state index contributed by atoms with van der Waals surface area (Å²) in [5, 5.41) is 2.80. The predicted molar refractivity (Wildman–Crippen MR) is 145 cm³/mol. The fourth-order valence-corrected chi connectivity index (χ4v) is 4.91. The number of pyridine rings is 3. The smallest absolute Gasteiger partial charge is 0.417 e. The minimum atomic E-state index is -4.64. The second kappa shape index (κ2) is 11.5. The highest BCUT2D eigenvalue weighted by Gasteiger charge is 2.32. The van der Waals surface area contributed by atoms with Crippen LogP contribution in [0, 0.1) is 0 Å². The molecule has 1 saturated heterocycles. The number of anilines is 2. The second-order valence-corrected chi connectivity index (χ2v) is 10.2. The van der Waals surface area contributed by atoms with Gasteiger partial charge >= 0.3 is 6.18 Å². The molecule has 10 nitrogen and oxygen atoms in total. The Morgan fingerprint density at radius 1 is 1.24 bits per heavy atom. The fraction of sp³-hybridized carbons (Fsp3) is 0.370. The first kappa shape index (κ1) is 28.6. The molecule has 1 aliphatic rings. The van der Waals surface area contributed by atoms with Gasteiger partial charge in [-0.15, -0.1) is 0 Å². The molecule has 1 atom stereocenters. The standard InChI is InChI=1S/C27H26ClF3N6O4/c1-36-14-15(27(29,30)31)9-20(25(36)39)34-26-35-24-23(37(26)2)22(28)21(13-33-24)41-19-6-7-32-16(11-19)10-17(38)12-18-5-3-4-8-40-18/h6-7,9,11,13-14,18H,3-5,8,10,12H2,1-2H3,(H,33,34,35)/t18-/m1/s1. The van der Waals surface area contributed by atoms with E-state index in [0.29, 0.717) is 30.0 Å². The highest BCUT2D eigenvalue weighted by Crippen LogP contribution is 2.36. The van der Waals surface area contributed by atoms with Crippen molar-refractivity contribution in [1.29, 1.82) is 0 Å². The van der Waals surface area contributed by atoms with Crippen LogP contribution in [0.4, 0.5) is 24.8 Å². The number of imidazole rings is 1. The summed E-state index contributed by atoms with van der Waals surface area (Å²) in [6, 6.07) is 3.97. The van der Waals surface area contributed by atoms with E-state index in [1.807, 2.05) is 0 Å². The maximum absolute atomic E-state index is 13.3. The molecule has 0 saturated carbocycles. The first-order chi connectivity index (χ1) is 19.5. The van der Waals surface area contributed by atoms with Crippen molar-refractivity contribution in [2.24, 2.45) is 14.1 Å². The van der Waals surface area contributed by atoms with Gasteiger partial charge in [-0.3, -0.25) is 14.6 Å². The first-order valence-electron chi connectivity index (χ1n) is 12.8. The third-order valence-corrected chi connectivity index (χ3v) is 7.05. The number of aryl methyl sites for hydroxylation is 2. The number of ether oxygens (including phenoxy) is 2. The number of aromatic nitrogens is 5. The van der Waals surface area contributed by atoms with Crippen molar-refractivity contribution < 1.29 is 27.4 Å². The molecule has 0 bridgehead atoms. The molecule has 1 fully saturated rings. The highest BCUT2D eigenvalue weighted by atomic mass is 35.5. The maximum Gasteiger partial charge on any atom is 0.417 e. The van der Waals surface area contributed by atoms with Crippen molar-refractivity contribution in [3.63, 3.8) is 0 Å². The van der Waals surface area contributed by atoms with Crippen LogP contribution in [-0.2, 0) is 36.2 Å². The Balaban J connectivity index is 1.36. The van der Waals surface area contributed by atoms with Crippen molar-refractivity contribution >= 4 is 40.2 Å². The summed E-state index contributed by atoms with van der Waals surface area (Å²) in [5.41, 5.74) is -0.945. The topological polar surface area (TPSA) is 113 Å². The number of halogens is 4. The van der Waals surface area contributed by atoms with Crippen LogP contribution in [0.15, 0.2) is 41.6 Å². The molecule has 4 aromatic heterocycles. The molecular formula is C27H26ClF3N6O4. The Morgan fingerprint density at radius 3 is 2.78 bits per heavy atom. The van der Waals surface area contributed by atoms with Gasteiger partial charge in [0.05, 0.1) is 23.6 Å². The minimum Gasteiger partial charge on any atom is -0.454 e. The lowest BCUT2D eigenvalue weighted by atomic mass is 10.0. The van der Waals surface area contributed by atoms with Crippen LogP contribution in [0.25, 0.3) is 11.2 Å². The number of fused-ring (bicyclic) bond motifs is 1. The molecule has 1 aliphatic heterocycles. The molecule has 5 heterocycles. The van der Waals surface area contributed by atoms with E-state index in [1.165, 1.54) is 24.0 Å². The summed E-state index contributed by atoms with van der Waals surface area (Å²) in [6.45, 7) is 0.677. The summed E-state index contributed by atoms with van der Waals surface area (Å²) in [7, 11) is 2.80. The predicted octanol–water partition coefficient (Wildman–Crippen LogP) is 5.34. The molecular weight excluding hydrogens is 565 g/mol. The van der Waals surface area contributed by atoms with E-state index in [9.17, 15) is 22.8 Å². The zero-order chi connectivity index (χ0) is 29.3. The molecule has 0 amide bonds. The van der Waals surface area contributed by atoms with Crippen molar-refractivity contribution in [3.05, 3.63) is 63.4 Å². The van der Waals surface area contributed by atoms with Gasteiger partial charge in [0.15, 0.2) is 11.4 Å². The molecule has 0 spiro atoms. The van der Waals surface area contributed by atoms with Crippen molar-refractivity contribution in [2.75, 3.05) is 11.9 Å². The van der Waals surface area contributed by atoms with Gasteiger partial charge in [0.25, 0.3) is 5.56 Å². The van der Waals surface area contributed by atoms with E-state index in [-0.39, 0.29) is 46.4 Å². The molecule has 0 radical (unpaired) electrons. The number of alkyl halides is 3. The van der Waals surface area contributed by atoms with Crippen LogP contribution in [0.3, 0.4) is 0 Å². The number of hydrogen-bond donors (Lipinski definition) is 1. The monoisotopic (exact) mass is 590 g/mol. The van der Waals surface area contributed by atoms with E-state index in [4.69, 9.17) is 21.1 Å². The molecule has 0 unspecified atom stereocenters. The number of nitrogens with one attached hydrogen (secondary N) is 1. The van der Waals surface area contributed by atoms with Gasteiger partial charge in [0, 0.05) is 52.0 Å². The maximum atomic E-state index is 13.3. The van der Waals surface area contributed by atoms with E-state index >= 15 is 0 Å². The molecule has 0 aromatic carbocycles. The summed E-state index contributed by atoms with van der Waals surface area (Å²) >= 11 is 6.64. The molecule has 5 rings (SSSR count). The van der Waals surface area contributed by atoms with Crippen LogP contribution in [-0.4, -0.2) is 42.6 Å². The highest BCUT2D eigenvalue weighted by molar-refractivity contribution is 6.36. The number of carbonyl (C=O) groups is 1. The number of Topliss-reactive ketones (excluding diaryl/α,β-unsaturated/α-hetero) is 1. The van der Waals surface area contributed by atoms with E-state index in [1.54, 1.807) is 19.2 Å². The summed E-state index contributed by atoms with van der Waals surface area (Å²) in [4.78, 5) is 37.9. The SMILES string of the molecule is Cn1cc(C(F)(F)F)cc(Nc2nc3ncc(Oc4ccnc(CC(=O)C[C@H]5CCCCO5)c4)c(Cl)c3n2C)c1=O. The van der Waals surface area contributed by atoms with Crippen LogP contribution >= 0.6 is 11.6 Å². The van der Waals surface area contributed by atoms with Crippen molar-refractivity contribution in [1.82, 2.24) is 24.1 Å². The number of rotatable bonds is 8. The third kappa shape index (κ3) is 6.35. The zero-order valence-electron chi connectivity index (χ0n) is 22.2. The van der Waals surface area contributed by atoms with Crippen LogP contribution < -0.4 is 15.6 Å². The Labute approximate surface area is 237 Å². The Morgan fingerprint density at radius 2 is 2.05 bits per heavy atom. The lowest BCUT2D eigenvalue weighted by molar-refractivity contribution is -0.138. The Kier molecular flexibility index (Phi) is 8.00. The quantitative estimate of drug-likeness (QED) is 0.293. The summed E-state index contributed by atoms with van der Waals surface area (Å²) in [6.07, 6.45) is 2.31. The third-order valence-electron chi connectivity index (χ3n) is 6.69. The zero-order valence-corrected chi connectivity index (χ0v) is 22.9. The molecule has 1 N–H and O–H groups in total. The number of carbonyl (C=O) groups excluding carboxylic acids is 1. The number of ketones is 1. The van der Waals surface area contributed by atoms with Gasteiger partial charge in [0.1, 0.15) is 27.8 Å². The van der Waals surface area contributed by atoms with Crippen LogP contribution in [0.1, 0.15) is 36.9 Å². The van der Waals surface area contributed by atoms with Gasteiger partial charge in [-0.05, 0) is 31.4 Å². The van der Waals surface area contributed by atoms with Crippen LogP contribution in [0.2, 0.25) is 5.02 Å². The first-order valence-corrected chi connectivity index (χ1v) is 13.2. The summed E-state index contributed by atoms with van der Waals surface area (Å²) in [5.74, 6) is 0.637. The van der Waals surface area contributed by atoms with Gasteiger partial charge < -0.3 is 23.9 Å². The van der Waals surface area contributed by atoms with Crippen LogP contribution in [0.5, 0.6) is 11.5 Å². The Bertz CT molecular complexity index is 1660. The Hall–Kier alpha value is -3.97. The van der Waals surface area contributed by atoms with E-state index in [2.05, 4.69) is 20.3 Å². The molecule has 4 aromatic rings. The van der Waals surface area contributed by atoms with Gasteiger partial charge in [-0.2, -0.15) is 18.2 Å². The van der Waals surface area contributed by atoms with Gasteiger partial charge in [-0.25, -0.2) is 4.98 Å². The van der Waals surface area contributed by atoms with Crippen molar-refractivity contribution in [3.8, 4) is 11.5 Å². The molecule has 0 aliphatic carbocycles. The minimum absolute atomic E-state index is 0.0215. The fourth-order valence-electron chi connectivity index (χ4n) is 4.61. The largest absolute Gasteiger partial charge is 0.454 e. The molecule has 216 valence electrons. The average molecular weight is 591 g/mol. The lowest BCUT2D eigenvalue weighted by Gasteiger charge is -2.21. The second-order valence-electron chi connectivity index (χ2n) is 9.78. The lowest BCUT2D eigenvalue weighted by Crippen LogP contribution is -2.23. The number of nitrogens with zero attached hydrogens (tertiary/aromatic N) is 5. The molecule has 41 heavy (non-hydrogen) atoms. The van der Waals surface area contributed by atoms with Gasteiger partial charge in [-0.1, -0.05) is 11.6 Å².